The van der Waals surface area contributed by atoms with Crippen LogP contribution in [0.5, 0.6) is 11.5 Å². The molecule has 0 spiro atoms. The van der Waals surface area contributed by atoms with Gasteiger partial charge in [-0.15, -0.1) is 0 Å². The molecule has 0 atom stereocenters. The SMILES string of the molecule is CC(C)(C)c1ccc(C(C)(C)C)c2c1OCC[O+]2. The van der Waals surface area contributed by atoms with Crippen molar-refractivity contribution in [1.82, 2.24) is 0 Å². The van der Waals surface area contributed by atoms with Crippen molar-refractivity contribution in [2.45, 2.75) is 52.4 Å². The summed E-state index contributed by atoms with van der Waals surface area (Å²) in [4.78, 5) is 0. The lowest BCUT2D eigenvalue weighted by Gasteiger charge is -2.26. The van der Waals surface area contributed by atoms with Gasteiger partial charge in [0.15, 0.2) is 6.61 Å². The Morgan fingerprint density at radius 3 is 2.06 bits per heavy atom. The summed E-state index contributed by atoms with van der Waals surface area (Å²) in [5.74, 6) is 1.89. The molecule has 18 heavy (non-hydrogen) atoms. The summed E-state index contributed by atoms with van der Waals surface area (Å²) in [5.41, 5.74) is 2.60. The number of hydrogen-bond donors (Lipinski definition) is 0. The van der Waals surface area contributed by atoms with Gasteiger partial charge in [-0.3, -0.25) is 0 Å². The quantitative estimate of drug-likeness (QED) is 0.646. The van der Waals surface area contributed by atoms with Crippen molar-refractivity contribution in [2.75, 3.05) is 13.2 Å². The second-order valence-electron chi connectivity index (χ2n) is 7.02. The number of fused-ring (bicyclic) bond motifs is 1. The summed E-state index contributed by atoms with van der Waals surface area (Å²) in [6, 6.07) is 4.38. The first-order chi connectivity index (χ1) is 8.21. The first-order valence-corrected chi connectivity index (χ1v) is 6.65. The molecule has 1 heterocycles. The minimum atomic E-state index is 0.0706. The van der Waals surface area contributed by atoms with E-state index < -0.39 is 0 Å². The lowest BCUT2D eigenvalue weighted by atomic mass is 9.80. The zero-order valence-corrected chi connectivity index (χ0v) is 12.4. The molecule has 1 aliphatic heterocycles. The highest BCUT2D eigenvalue weighted by molar-refractivity contribution is 5.56. The highest BCUT2D eigenvalue weighted by atomic mass is 16.6. The average Bonchev–Trinajstić information content (AvgIpc) is 2.24. The number of hydrogen-bond acceptors (Lipinski definition) is 2. The van der Waals surface area contributed by atoms with Crippen molar-refractivity contribution >= 4 is 0 Å². The van der Waals surface area contributed by atoms with E-state index in [0.29, 0.717) is 13.2 Å². The van der Waals surface area contributed by atoms with E-state index in [-0.39, 0.29) is 10.8 Å². The number of rotatable bonds is 0. The van der Waals surface area contributed by atoms with Gasteiger partial charge in [0.05, 0.1) is 5.56 Å². The van der Waals surface area contributed by atoms with Gasteiger partial charge in [-0.05, 0) is 16.9 Å². The number of benzene rings is 1. The lowest BCUT2D eigenvalue weighted by Crippen LogP contribution is -2.24. The Morgan fingerprint density at radius 1 is 0.944 bits per heavy atom. The molecule has 0 unspecified atom stereocenters. The van der Waals surface area contributed by atoms with Crippen molar-refractivity contribution < 1.29 is 9.47 Å². The second kappa shape index (κ2) is 4.18. The minimum absolute atomic E-state index is 0.0706. The Bertz CT molecular complexity index is 404. The van der Waals surface area contributed by atoms with Gasteiger partial charge in [0, 0.05) is 5.56 Å². The molecular formula is C16H24O2+. The Hall–Kier alpha value is -1.18. The second-order valence-corrected chi connectivity index (χ2v) is 7.02. The molecule has 0 bridgehead atoms. The zero-order valence-electron chi connectivity index (χ0n) is 12.4. The fraction of sp³-hybridized carbons (Fsp3) is 0.625. The molecule has 2 nitrogen and oxygen atoms in total. The van der Waals surface area contributed by atoms with E-state index in [9.17, 15) is 0 Å². The van der Waals surface area contributed by atoms with Crippen LogP contribution >= 0.6 is 0 Å². The first kappa shape index (κ1) is 13.3. The molecule has 0 N–H and O–H groups in total. The van der Waals surface area contributed by atoms with Crippen LogP contribution in [0.3, 0.4) is 0 Å². The Labute approximate surface area is 110 Å². The molecule has 0 saturated carbocycles. The van der Waals surface area contributed by atoms with E-state index in [2.05, 4.69) is 53.7 Å². The summed E-state index contributed by atoms with van der Waals surface area (Å²) in [6.45, 7) is 14.5. The molecule has 1 aliphatic rings. The lowest BCUT2D eigenvalue weighted by molar-refractivity contribution is 0.164. The van der Waals surface area contributed by atoms with E-state index in [4.69, 9.17) is 9.47 Å². The molecule has 0 saturated heterocycles. The predicted octanol–water partition coefficient (Wildman–Crippen LogP) is 4.05. The van der Waals surface area contributed by atoms with Crippen molar-refractivity contribution in [3.63, 3.8) is 0 Å². The summed E-state index contributed by atoms with van der Waals surface area (Å²) in [5, 5.41) is 0. The van der Waals surface area contributed by atoms with Gasteiger partial charge in [-0.2, -0.15) is 0 Å². The first-order valence-electron chi connectivity index (χ1n) is 6.65. The molecule has 0 amide bonds. The van der Waals surface area contributed by atoms with Crippen LogP contribution in [0.1, 0.15) is 52.7 Å². The maximum Gasteiger partial charge on any atom is 0.389 e. The van der Waals surface area contributed by atoms with Crippen LogP contribution in [0, 0.1) is 0 Å². The molecule has 1 radical (unpaired) electrons. The summed E-state index contributed by atoms with van der Waals surface area (Å²) >= 11 is 0. The van der Waals surface area contributed by atoms with Gasteiger partial charge in [-0.25, -0.2) is 4.74 Å². The van der Waals surface area contributed by atoms with Crippen molar-refractivity contribution in [3.05, 3.63) is 23.3 Å². The average molecular weight is 248 g/mol. The fourth-order valence-electron chi connectivity index (χ4n) is 2.32. The monoisotopic (exact) mass is 248 g/mol. The van der Waals surface area contributed by atoms with Crippen molar-refractivity contribution in [1.29, 1.82) is 0 Å². The molecule has 1 aromatic rings. The van der Waals surface area contributed by atoms with Crippen LogP contribution in [-0.4, -0.2) is 13.2 Å². The summed E-state index contributed by atoms with van der Waals surface area (Å²) in [7, 11) is 0. The predicted molar refractivity (Wildman–Crippen MR) is 74.8 cm³/mol. The van der Waals surface area contributed by atoms with Crippen LogP contribution in [0.25, 0.3) is 0 Å². The maximum absolute atomic E-state index is 5.89. The Morgan fingerprint density at radius 2 is 1.50 bits per heavy atom. The highest BCUT2D eigenvalue weighted by Gasteiger charge is 2.37. The maximum atomic E-state index is 5.89. The van der Waals surface area contributed by atoms with E-state index in [1.807, 2.05) is 0 Å². The zero-order chi connectivity index (χ0) is 13.6. The molecule has 2 heteroatoms. The number of ether oxygens (including phenoxy) is 2. The molecule has 99 valence electrons. The standard InChI is InChI=1S/C16H24O2/c1-15(2,3)11-7-8-12(16(4,5)6)14-13(11)17-9-10-18-14/h7-8H,9-10H2,1-6H3/q+1. The largest absolute Gasteiger partial charge is 0.475 e. The third-order valence-electron chi connectivity index (χ3n) is 3.30. The fourth-order valence-corrected chi connectivity index (χ4v) is 2.32. The Balaban J connectivity index is 2.64. The molecule has 1 aromatic carbocycles. The van der Waals surface area contributed by atoms with Crippen molar-refractivity contribution in [3.8, 4) is 11.5 Å². The molecule has 2 rings (SSSR count). The molecule has 0 aliphatic carbocycles. The third kappa shape index (κ3) is 2.33. The van der Waals surface area contributed by atoms with Gasteiger partial charge in [-0.1, -0.05) is 47.6 Å². The normalized spacial score (nSPS) is 15.7. The van der Waals surface area contributed by atoms with Gasteiger partial charge in [0.1, 0.15) is 0 Å². The third-order valence-corrected chi connectivity index (χ3v) is 3.30. The smallest absolute Gasteiger partial charge is 0.389 e. The van der Waals surface area contributed by atoms with Gasteiger partial charge < -0.3 is 4.74 Å². The summed E-state index contributed by atoms with van der Waals surface area (Å²) in [6.07, 6.45) is 0. The topological polar surface area (TPSA) is 20.5 Å². The van der Waals surface area contributed by atoms with Crippen LogP contribution in [0.4, 0.5) is 0 Å². The van der Waals surface area contributed by atoms with Crippen LogP contribution in [-0.2, 0) is 10.8 Å². The van der Waals surface area contributed by atoms with E-state index in [1.165, 1.54) is 11.1 Å². The van der Waals surface area contributed by atoms with Crippen LogP contribution in [0.2, 0.25) is 0 Å². The highest BCUT2D eigenvalue weighted by Crippen LogP contribution is 2.45. The molecule has 0 fully saturated rings. The van der Waals surface area contributed by atoms with Crippen molar-refractivity contribution in [2.24, 2.45) is 0 Å². The summed E-state index contributed by atoms with van der Waals surface area (Å²) < 4.78 is 11.8. The molecule has 0 aromatic heterocycles. The van der Waals surface area contributed by atoms with Crippen LogP contribution < -0.4 is 9.47 Å². The van der Waals surface area contributed by atoms with E-state index in [1.54, 1.807) is 0 Å². The van der Waals surface area contributed by atoms with Crippen LogP contribution in [0.15, 0.2) is 12.1 Å². The van der Waals surface area contributed by atoms with E-state index in [0.717, 1.165) is 11.5 Å². The molecular weight excluding hydrogens is 224 g/mol. The Kier molecular flexibility index (Phi) is 3.08. The van der Waals surface area contributed by atoms with Gasteiger partial charge in [0.2, 0.25) is 5.75 Å². The van der Waals surface area contributed by atoms with E-state index >= 15 is 0 Å². The van der Waals surface area contributed by atoms with Gasteiger partial charge in [0.25, 0.3) is 6.61 Å². The van der Waals surface area contributed by atoms with Gasteiger partial charge >= 0.3 is 5.75 Å². The minimum Gasteiger partial charge on any atom is -0.475 e.